The minimum Gasteiger partial charge on any atom is -0.368 e. The quantitative estimate of drug-likeness (QED) is 0.595. The fourth-order valence-corrected chi connectivity index (χ4v) is 3.43. The molecular weight excluding hydrogens is 208 g/mol. The van der Waals surface area contributed by atoms with E-state index >= 15 is 0 Å². The summed E-state index contributed by atoms with van der Waals surface area (Å²) in [6.07, 6.45) is 4.64. The second-order valence-corrected chi connectivity index (χ2v) is 6.70. The summed E-state index contributed by atoms with van der Waals surface area (Å²) < 4.78 is 5.35. The third kappa shape index (κ3) is 3.36. The van der Waals surface area contributed by atoms with Crippen LogP contribution in [0.15, 0.2) is 0 Å². The van der Waals surface area contributed by atoms with Gasteiger partial charge in [0, 0.05) is 11.0 Å². The van der Waals surface area contributed by atoms with E-state index in [0.29, 0.717) is 5.41 Å². The highest BCUT2D eigenvalue weighted by atomic mass is 32.2. The van der Waals surface area contributed by atoms with Crippen molar-refractivity contribution in [2.24, 2.45) is 11.3 Å². The second kappa shape index (κ2) is 4.64. The molecule has 2 unspecified atom stereocenters. The van der Waals surface area contributed by atoms with Crippen LogP contribution in [0.3, 0.4) is 0 Å². The first kappa shape index (κ1) is 11.7. The van der Waals surface area contributed by atoms with Gasteiger partial charge in [-0.25, -0.2) is 0 Å². The maximum absolute atomic E-state index is 9.12. The zero-order valence-corrected chi connectivity index (χ0v) is 10.6. The van der Waals surface area contributed by atoms with Gasteiger partial charge in [-0.05, 0) is 43.9 Å². The van der Waals surface area contributed by atoms with E-state index in [1.165, 1.54) is 31.4 Å². The van der Waals surface area contributed by atoms with Gasteiger partial charge < -0.3 is 9.84 Å². The van der Waals surface area contributed by atoms with Crippen molar-refractivity contribution in [2.45, 2.75) is 51.1 Å². The first-order valence-corrected chi connectivity index (χ1v) is 7.05. The Morgan fingerprint density at radius 3 is 2.53 bits per heavy atom. The molecule has 2 atom stereocenters. The van der Waals surface area contributed by atoms with Gasteiger partial charge in [-0.3, -0.25) is 0 Å². The van der Waals surface area contributed by atoms with E-state index in [0.717, 1.165) is 17.8 Å². The molecule has 0 aromatic rings. The van der Waals surface area contributed by atoms with Crippen LogP contribution in [0.25, 0.3) is 0 Å². The molecule has 1 heterocycles. The van der Waals surface area contributed by atoms with Crippen molar-refractivity contribution in [3.05, 3.63) is 0 Å². The van der Waals surface area contributed by atoms with Crippen molar-refractivity contribution in [1.82, 2.24) is 0 Å². The molecule has 2 nitrogen and oxygen atoms in total. The van der Waals surface area contributed by atoms with Crippen LogP contribution in [0, 0.1) is 11.3 Å². The molecule has 1 saturated heterocycles. The van der Waals surface area contributed by atoms with Gasteiger partial charge >= 0.3 is 0 Å². The van der Waals surface area contributed by atoms with Crippen LogP contribution < -0.4 is 0 Å². The van der Waals surface area contributed by atoms with E-state index in [1.807, 2.05) is 0 Å². The molecule has 2 fully saturated rings. The number of hydrogen-bond donors (Lipinski definition) is 1. The highest BCUT2D eigenvalue weighted by Crippen LogP contribution is 2.47. The standard InChI is InChI=1S/C12H22O2S/c1-9(13)14-8-12(2)5-3-10(4-6-12)11-7-15-11/h9-11,13H,3-8H2,1-2H3. The largest absolute Gasteiger partial charge is 0.368 e. The third-order valence-electron chi connectivity index (χ3n) is 3.80. The van der Waals surface area contributed by atoms with Crippen molar-refractivity contribution < 1.29 is 9.84 Å². The van der Waals surface area contributed by atoms with E-state index in [9.17, 15) is 0 Å². The van der Waals surface area contributed by atoms with Gasteiger partial charge in [0.25, 0.3) is 0 Å². The number of aliphatic hydroxyl groups is 1. The molecule has 0 spiro atoms. The smallest absolute Gasteiger partial charge is 0.151 e. The number of aliphatic hydroxyl groups excluding tert-OH is 1. The first-order valence-electron chi connectivity index (χ1n) is 6.00. The van der Waals surface area contributed by atoms with Crippen LogP contribution in [0.2, 0.25) is 0 Å². The average Bonchev–Trinajstić information content (AvgIpc) is 3.00. The molecule has 1 aliphatic heterocycles. The SMILES string of the molecule is CC(O)OCC1(C)CCC(C2CS2)CC1. The van der Waals surface area contributed by atoms with Crippen LogP contribution >= 0.6 is 11.8 Å². The lowest BCUT2D eigenvalue weighted by atomic mass is 9.71. The number of rotatable bonds is 4. The van der Waals surface area contributed by atoms with Crippen LogP contribution in [-0.4, -0.2) is 29.0 Å². The Balaban J connectivity index is 1.74. The van der Waals surface area contributed by atoms with Gasteiger partial charge in [0.15, 0.2) is 6.29 Å². The van der Waals surface area contributed by atoms with E-state index in [4.69, 9.17) is 9.84 Å². The van der Waals surface area contributed by atoms with Gasteiger partial charge in [-0.2, -0.15) is 11.8 Å². The van der Waals surface area contributed by atoms with Gasteiger partial charge in [-0.1, -0.05) is 6.92 Å². The minimum atomic E-state index is -0.612. The molecule has 88 valence electrons. The van der Waals surface area contributed by atoms with Crippen LogP contribution in [0.4, 0.5) is 0 Å². The molecule has 1 N–H and O–H groups in total. The fourth-order valence-electron chi connectivity index (χ4n) is 2.50. The molecule has 0 bridgehead atoms. The summed E-state index contributed by atoms with van der Waals surface area (Å²) in [5, 5.41) is 10.1. The number of thioether (sulfide) groups is 1. The summed E-state index contributed by atoms with van der Waals surface area (Å²) in [5.74, 6) is 2.36. The van der Waals surface area contributed by atoms with Crippen LogP contribution in [-0.2, 0) is 4.74 Å². The monoisotopic (exact) mass is 230 g/mol. The molecule has 2 aliphatic rings. The zero-order chi connectivity index (χ0) is 10.9. The van der Waals surface area contributed by atoms with Gasteiger partial charge in [0.05, 0.1) is 6.61 Å². The molecule has 0 amide bonds. The molecule has 2 rings (SSSR count). The fraction of sp³-hybridized carbons (Fsp3) is 1.00. The van der Waals surface area contributed by atoms with Crippen molar-refractivity contribution in [3.8, 4) is 0 Å². The lowest BCUT2D eigenvalue weighted by Crippen LogP contribution is -2.32. The summed E-state index contributed by atoms with van der Waals surface area (Å²) in [7, 11) is 0. The molecule has 3 heteroatoms. The Bertz CT molecular complexity index is 206. The van der Waals surface area contributed by atoms with E-state index in [2.05, 4.69) is 18.7 Å². The lowest BCUT2D eigenvalue weighted by Gasteiger charge is -2.37. The highest BCUT2D eigenvalue weighted by Gasteiger charge is 2.38. The Hall–Kier alpha value is 0.270. The van der Waals surface area contributed by atoms with Gasteiger partial charge in [0.2, 0.25) is 0 Å². The molecule has 0 aromatic heterocycles. The Morgan fingerprint density at radius 1 is 1.47 bits per heavy atom. The molecule has 0 radical (unpaired) electrons. The highest BCUT2D eigenvalue weighted by molar-refractivity contribution is 8.06. The molecule has 1 saturated carbocycles. The first-order chi connectivity index (χ1) is 7.09. The predicted molar refractivity (Wildman–Crippen MR) is 63.9 cm³/mol. The summed E-state index contributed by atoms with van der Waals surface area (Å²) in [4.78, 5) is 0. The second-order valence-electron chi connectivity index (χ2n) is 5.43. The van der Waals surface area contributed by atoms with Crippen LogP contribution in [0.1, 0.15) is 39.5 Å². The van der Waals surface area contributed by atoms with E-state index in [1.54, 1.807) is 6.92 Å². The van der Waals surface area contributed by atoms with Crippen molar-refractivity contribution in [1.29, 1.82) is 0 Å². The molecular formula is C12H22O2S. The summed E-state index contributed by atoms with van der Waals surface area (Å²) in [6, 6.07) is 0. The van der Waals surface area contributed by atoms with Crippen molar-refractivity contribution in [2.75, 3.05) is 12.4 Å². The van der Waals surface area contributed by atoms with Crippen molar-refractivity contribution in [3.63, 3.8) is 0 Å². The Kier molecular flexibility index (Phi) is 3.63. The third-order valence-corrected chi connectivity index (χ3v) is 4.90. The predicted octanol–water partition coefficient (Wildman–Crippen LogP) is 2.65. The number of hydrogen-bond acceptors (Lipinski definition) is 3. The topological polar surface area (TPSA) is 29.5 Å². The van der Waals surface area contributed by atoms with Crippen LogP contribution in [0.5, 0.6) is 0 Å². The minimum absolute atomic E-state index is 0.313. The Labute approximate surface area is 96.8 Å². The molecule has 0 aromatic carbocycles. The summed E-state index contributed by atoms with van der Waals surface area (Å²) in [5.41, 5.74) is 0.313. The van der Waals surface area contributed by atoms with E-state index < -0.39 is 6.29 Å². The summed E-state index contributed by atoms with van der Waals surface area (Å²) >= 11 is 2.12. The average molecular weight is 230 g/mol. The maximum Gasteiger partial charge on any atom is 0.151 e. The normalized spacial score (nSPS) is 42.6. The zero-order valence-electron chi connectivity index (χ0n) is 9.74. The van der Waals surface area contributed by atoms with Crippen molar-refractivity contribution >= 4 is 11.8 Å². The van der Waals surface area contributed by atoms with Gasteiger partial charge in [-0.15, -0.1) is 0 Å². The van der Waals surface area contributed by atoms with Gasteiger partial charge in [0.1, 0.15) is 0 Å². The lowest BCUT2D eigenvalue weighted by molar-refractivity contribution is -0.118. The Morgan fingerprint density at radius 2 is 2.07 bits per heavy atom. The molecule has 15 heavy (non-hydrogen) atoms. The number of ether oxygens (including phenoxy) is 1. The van der Waals surface area contributed by atoms with E-state index in [-0.39, 0.29) is 0 Å². The molecule has 1 aliphatic carbocycles. The summed E-state index contributed by atoms with van der Waals surface area (Å²) in [6.45, 7) is 4.71. The maximum atomic E-state index is 9.12.